The first-order valence-electron chi connectivity index (χ1n) is 7.72. The monoisotopic (exact) mass is 312 g/mol. The van der Waals surface area contributed by atoms with E-state index in [4.69, 9.17) is 0 Å². The number of hydrogen-bond donors (Lipinski definition) is 0. The molecule has 6 nitrogen and oxygen atoms in total. The highest BCUT2D eigenvalue weighted by Gasteiger charge is 2.32. The Kier molecular flexibility index (Phi) is 4.41. The normalized spacial score (nSPS) is 18.0. The zero-order chi connectivity index (χ0) is 16.2. The lowest BCUT2D eigenvalue weighted by Crippen LogP contribution is -2.52. The summed E-state index contributed by atoms with van der Waals surface area (Å²) in [5.74, 6) is 0.0656. The average Bonchev–Trinajstić information content (AvgIpc) is 3.08. The van der Waals surface area contributed by atoms with Gasteiger partial charge in [-0.15, -0.1) is 0 Å². The second-order valence-corrected chi connectivity index (χ2v) is 5.68. The zero-order valence-electron chi connectivity index (χ0n) is 13.1. The van der Waals surface area contributed by atoms with Crippen LogP contribution in [0.15, 0.2) is 48.8 Å². The van der Waals surface area contributed by atoms with Gasteiger partial charge in [0, 0.05) is 39.0 Å². The highest BCUT2D eigenvalue weighted by molar-refractivity contribution is 5.78. The van der Waals surface area contributed by atoms with Gasteiger partial charge in [0.1, 0.15) is 6.54 Å². The molecule has 0 radical (unpaired) electrons. The second kappa shape index (κ2) is 6.64. The minimum Gasteiger partial charge on any atom is -0.339 e. The Morgan fingerprint density at radius 1 is 1.17 bits per heavy atom. The van der Waals surface area contributed by atoms with Crippen LogP contribution in [-0.4, -0.2) is 51.0 Å². The fourth-order valence-corrected chi connectivity index (χ4v) is 2.95. The van der Waals surface area contributed by atoms with Gasteiger partial charge in [-0.05, 0) is 11.6 Å². The third kappa shape index (κ3) is 3.41. The van der Waals surface area contributed by atoms with Crippen molar-refractivity contribution in [3.8, 4) is 0 Å². The van der Waals surface area contributed by atoms with E-state index in [2.05, 4.69) is 5.10 Å². The lowest BCUT2D eigenvalue weighted by molar-refractivity contribution is -0.142. The number of nitrogens with zero attached hydrogens (tertiary/aromatic N) is 4. The summed E-state index contributed by atoms with van der Waals surface area (Å²) < 4.78 is 1.63. The van der Waals surface area contributed by atoms with Crippen molar-refractivity contribution in [2.45, 2.75) is 19.5 Å². The molecule has 1 fully saturated rings. The van der Waals surface area contributed by atoms with Gasteiger partial charge in [-0.2, -0.15) is 5.10 Å². The fourth-order valence-electron chi connectivity index (χ4n) is 2.95. The van der Waals surface area contributed by atoms with Gasteiger partial charge < -0.3 is 9.80 Å². The van der Waals surface area contributed by atoms with Crippen molar-refractivity contribution in [2.75, 3.05) is 19.6 Å². The van der Waals surface area contributed by atoms with Gasteiger partial charge in [-0.25, -0.2) is 0 Å². The molecule has 120 valence electrons. The number of rotatable bonds is 3. The van der Waals surface area contributed by atoms with E-state index in [1.807, 2.05) is 35.2 Å². The van der Waals surface area contributed by atoms with Gasteiger partial charge in [-0.3, -0.25) is 14.3 Å². The Labute approximate surface area is 135 Å². The van der Waals surface area contributed by atoms with E-state index in [1.165, 1.54) is 0 Å². The van der Waals surface area contributed by atoms with Gasteiger partial charge in [0.2, 0.25) is 11.8 Å². The number of aromatic nitrogens is 2. The summed E-state index contributed by atoms with van der Waals surface area (Å²) in [7, 11) is 0. The quantitative estimate of drug-likeness (QED) is 0.859. The Morgan fingerprint density at radius 2 is 1.96 bits per heavy atom. The molecule has 2 heterocycles. The number of carbonyl (C=O) groups excluding carboxylic acids is 2. The summed E-state index contributed by atoms with van der Waals surface area (Å²) >= 11 is 0. The van der Waals surface area contributed by atoms with Crippen LogP contribution in [0.1, 0.15) is 18.5 Å². The summed E-state index contributed by atoms with van der Waals surface area (Å²) in [5, 5.41) is 4.10. The molecular formula is C17H20N4O2. The number of benzene rings is 1. The standard InChI is InChI=1S/C17H20N4O2/c1-14(22)19-10-11-21(17(23)13-20-9-5-8-18-20)16(12-19)15-6-3-2-4-7-15/h2-9,16H,10-13H2,1H3. The lowest BCUT2D eigenvalue weighted by atomic mass is 10.0. The largest absolute Gasteiger partial charge is 0.339 e. The van der Waals surface area contributed by atoms with E-state index in [-0.39, 0.29) is 24.4 Å². The highest BCUT2D eigenvalue weighted by Crippen LogP contribution is 2.25. The third-order valence-corrected chi connectivity index (χ3v) is 4.19. The Balaban J connectivity index is 1.81. The Morgan fingerprint density at radius 3 is 2.61 bits per heavy atom. The van der Waals surface area contributed by atoms with Crippen LogP contribution < -0.4 is 0 Å². The minimum atomic E-state index is -0.114. The second-order valence-electron chi connectivity index (χ2n) is 5.68. The fraction of sp³-hybridized carbons (Fsp3) is 0.353. The van der Waals surface area contributed by atoms with E-state index in [0.29, 0.717) is 19.6 Å². The molecule has 3 rings (SSSR count). The summed E-state index contributed by atoms with van der Waals surface area (Å²) in [6, 6.07) is 11.6. The molecule has 1 aliphatic heterocycles. The SMILES string of the molecule is CC(=O)N1CCN(C(=O)Cn2cccn2)C(c2ccccc2)C1. The zero-order valence-corrected chi connectivity index (χ0v) is 13.1. The van der Waals surface area contributed by atoms with Gasteiger partial charge in [0.25, 0.3) is 0 Å². The van der Waals surface area contributed by atoms with Crippen LogP contribution in [0, 0.1) is 0 Å². The minimum absolute atomic E-state index is 0.0192. The number of carbonyl (C=O) groups is 2. The van der Waals surface area contributed by atoms with Crippen molar-refractivity contribution >= 4 is 11.8 Å². The molecule has 1 aromatic heterocycles. The average molecular weight is 312 g/mol. The van der Waals surface area contributed by atoms with Crippen LogP contribution in [0.3, 0.4) is 0 Å². The van der Waals surface area contributed by atoms with Gasteiger partial charge >= 0.3 is 0 Å². The highest BCUT2D eigenvalue weighted by atomic mass is 16.2. The maximum atomic E-state index is 12.7. The summed E-state index contributed by atoms with van der Waals surface area (Å²) in [5.41, 5.74) is 1.05. The van der Waals surface area contributed by atoms with Crippen molar-refractivity contribution in [1.82, 2.24) is 19.6 Å². The maximum Gasteiger partial charge on any atom is 0.244 e. The number of hydrogen-bond acceptors (Lipinski definition) is 3. The molecule has 1 saturated heterocycles. The molecule has 0 saturated carbocycles. The molecule has 2 amide bonds. The predicted octanol–water partition coefficient (Wildman–Crippen LogP) is 1.32. The topological polar surface area (TPSA) is 58.4 Å². The molecule has 1 atom stereocenters. The first-order valence-corrected chi connectivity index (χ1v) is 7.72. The van der Waals surface area contributed by atoms with Crippen LogP contribution in [0.4, 0.5) is 0 Å². The molecule has 0 N–H and O–H groups in total. The summed E-state index contributed by atoms with van der Waals surface area (Å²) in [6.07, 6.45) is 3.44. The van der Waals surface area contributed by atoms with Crippen molar-refractivity contribution in [3.63, 3.8) is 0 Å². The van der Waals surface area contributed by atoms with Crippen LogP contribution in [-0.2, 0) is 16.1 Å². The van der Waals surface area contributed by atoms with Gasteiger partial charge in [0.05, 0.1) is 6.04 Å². The van der Waals surface area contributed by atoms with Crippen LogP contribution in [0.2, 0.25) is 0 Å². The molecule has 0 bridgehead atoms. The Bertz CT molecular complexity index is 669. The molecule has 0 spiro atoms. The molecule has 1 aromatic carbocycles. The molecule has 6 heteroatoms. The molecular weight excluding hydrogens is 292 g/mol. The molecule has 1 unspecified atom stereocenters. The van der Waals surface area contributed by atoms with E-state index < -0.39 is 0 Å². The van der Waals surface area contributed by atoms with Crippen molar-refractivity contribution in [3.05, 3.63) is 54.4 Å². The van der Waals surface area contributed by atoms with Crippen LogP contribution in [0.25, 0.3) is 0 Å². The van der Waals surface area contributed by atoms with Gasteiger partial charge in [-0.1, -0.05) is 30.3 Å². The molecule has 1 aliphatic rings. The van der Waals surface area contributed by atoms with Crippen molar-refractivity contribution in [1.29, 1.82) is 0 Å². The maximum absolute atomic E-state index is 12.7. The van der Waals surface area contributed by atoms with E-state index in [1.54, 1.807) is 35.0 Å². The lowest BCUT2D eigenvalue weighted by Gasteiger charge is -2.41. The number of piperazine rings is 1. The molecule has 23 heavy (non-hydrogen) atoms. The van der Waals surface area contributed by atoms with Crippen LogP contribution in [0.5, 0.6) is 0 Å². The van der Waals surface area contributed by atoms with Crippen LogP contribution >= 0.6 is 0 Å². The summed E-state index contributed by atoms with van der Waals surface area (Å²) in [4.78, 5) is 28.1. The van der Waals surface area contributed by atoms with Crippen molar-refractivity contribution < 1.29 is 9.59 Å². The molecule has 0 aliphatic carbocycles. The predicted molar refractivity (Wildman–Crippen MR) is 85.4 cm³/mol. The Hall–Kier alpha value is -2.63. The van der Waals surface area contributed by atoms with Crippen molar-refractivity contribution in [2.24, 2.45) is 0 Å². The van der Waals surface area contributed by atoms with E-state index in [0.717, 1.165) is 5.56 Å². The summed E-state index contributed by atoms with van der Waals surface area (Å²) in [6.45, 7) is 3.44. The first-order chi connectivity index (χ1) is 11.1. The molecule has 2 aromatic rings. The van der Waals surface area contributed by atoms with E-state index in [9.17, 15) is 9.59 Å². The first kappa shape index (κ1) is 15.3. The van der Waals surface area contributed by atoms with E-state index >= 15 is 0 Å². The smallest absolute Gasteiger partial charge is 0.244 e. The van der Waals surface area contributed by atoms with Gasteiger partial charge in [0.15, 0.2) is 0 Å². The number of amides is 2. The third-order valence-electron chi connectivity index (χ3n) is 4.19.